The first-order valence-corrected chi connectivity index (χ1v) is 11.8. The molecule has 0 radical (unpaired) electrons. The van der Waals surface area contributed by atoms with Crippen LogP contribution in [-0.2, 0) is 9.53 Å². The molecule has 1 aromatic heterocycles. The van der Waals surface area contributed by atoms with Crippen molar-refractivity contribution in [3.63, 3.8) is 0 Å². The van der Waals surface area contributed by atoms with Gasteiger partial charge in [-0.3, -0.25) is 9.69 Å². The Morgan fingerprint density at radius 1 is 1.12 bits per heavy atom. The van der Waals surface area contributed by atoms with E-state index in [1.54, 1.807) is 6.07 Å². The number of amides is 1. The summed E-state index contributed by atoms with van der Waals surface area (Å²) >= 11 is 0. The van der Waals surface area contributed by atoms with E-state index in [1.165, 1.54) is 26.0 Å². The van der Waals surface area contributed by atoms with E-state index in [2.05, 4.69) is 31.9 Å². The van der Waals surface area contributed by atoms with Gasteiger partial charge in [-0.25, -0.2) is 9.37 Å². The second-order valence-electron chi connectivity index (χ2n) is 9.26. The highest BCUT2D eigenvalue weighted by molar-refractivity contribution is 5.77. The van der Waals surface area contributed by atoms with Gasteiger partial charge < -0.3 is 14.6 Å². The van der Waals surface area contributed by atoms with E-state index in [9.17, 15) is 9.18 Å². The first kappa shape index (κ1) is 22.0. The number of benzene rings is 2. The molecule has 0 aliphatic carbocycles. The van der Waals surface area contributed by atoms with Crippen molar-refractivity contribution in [2.75, 3.05) is 20.3 Å². The van der Waals surface area contributed by atoms with Crippen molar-refractivity contribution in [3.05, 3.63) is 66.2 Å². The number of halogens is 1. The maximum atomic E-state index is 14.1. The lowest BCUT2D eigenvalue weighted by atomic mass is 9.95. The van der Waals surface area contributed by atoms with Gasteiger partial charge >= 0.3 is 0 Å². The second-order valence-corrected chi connectivity index (χ2v) is 9.26. The van der Waals surface area contributed by atoms with E-state index >= 15 is 0 Å². The van der Waals surface area contributed by atoms with Gasteiger partial charge in [-0.2, -0.15) is 0 Å². The minimum Gasteiger partial charge on any atom is -0.375 e. The standard InChI is InChI=1S/C26H31FN4O2/c1-33-16-25(32)29-23(18-6-3-2-4-7-18)12-13-30-19-10-11-20(30)15-21(14-19)31-17-28-26-22(27)8-5-9-24(26)31/h2-9,17,19-21,23H,10-16H2,1H3,(H,29,32)/t19-,20+,21-,23-/m0/s1. The summed E-state index contributed by atoms with van der Waals surface area (Å²) in [6.45, 7) is 1.01. The van der Waals surface area contributed by atoms with Gasteiger partial charge in [-0.05, 0) is 49.8 Å². The summed E-state index contributed by atoms with van der Waals surface area (Å²) in [4.78, 5) is 19.2. The maximum Gasteiger partial charge on any atom is 0.246 e. The monoisotopic (exact) mass is 450 g/mol. The van der Waals surface area contributed by atoms with E-state index in [-0.39, 0.29) is 24.4 Å². The molecule has 6 nitrogen and oxygen atoms in total. The molecule has 2 bridgehead atoms. The van der Waals surface area contributed by atoms with Crippen LogP contribution in [-0.4, -0.2) is 52.7 Å². The molecule has 2 aromatic carbocycles. The molecule has 33 heavy (non-hydrogen) atoms. The lowest BCUT2D eigenvalue weighted by Gasteiger charge is -2.40. The third-order valence-corrected chi connectivity index (χ3v) is 7.30. The lowest BCUT2D eigenvalue weighted by Crippen LogP contribution is -2.45. The van der Waals surface area contributed by atoms with Crippen LogP contribution in [0, 0.1) is 5.82 Å². The summed E-state index contributed by atoms with van der Waals surface area (Å²) in [6.07, 6.45) is 7.14. The number of rotatable bonds is 8. The van der Waals surface area contributed by atoms with Crippen LogP contribution in [0.3, 0.4) is 0 Å². The average molecular weight is 451 g/mol. The van der Waals surface area contributed by atoms with Gasteiger partial charge in [0.15, 0.2) is 5.82 Å². The topological polar surface area (TPSA) is 59.4 Å². The maximum absolute atomic E-state index is 14.1. The molecule has 0 saturated carbocycles. The number of fused-ring (bicyclic) bond motifs is 3. The number of carbonyl (C=O) groups excluding carboxylic acids is 1. The van der Waals surface area contributed by atoms with Crippen LogP contribution < -0.4 is 5.32 Å². The smallest absolute Gasteiger partial charge is 0.246 e. The fraction of sp³-hybridized carbons (Fsp3) is 0.462. The molecule has 0 spiro atoms. The lowest BCUT2D eigenvalue weighted by molar-refractivity contribution is -0.125. The summed E-state index contributed by atoms with van der Waals surface area (Å²) in [5.41, 5.74) is 2.47. The van der Waals surface area contributed by atoms with Gasteiger partial charge in [-0.1, -0.05) is 36.4 Å². The Bertz CT molecular complexity index is 1090. The fourth-order valence-electron chi connectivity index (χ4n) is 5.80. The molecule has 5 rings (SSSR count). The van der Waals surface area contributed by atoms with Gasteiger partial charge in [0.05, 0.1) is 17.9 Å². The zero-order valence-corrected chi connectivity index (χ0v) is 19.0. The number of hydrogen-bond acceptors (Lipinski definition) is 4. The number of para-hydroxylation sites is 1. The van der Waals surface area contributed by atoms with Crippen LogP contribution in [0.25, 0.3) is 11.0 Å². The normalized spacial score (nSPS) is 23.6. The van der Waals surface area contributed by atoms with Gasteiger partial charge in [-0.15, -0.1) is 0 Å². The molecule has 174 valence electrons. The molecule has 1 amide bonds. The van der Waals surface area contributed by atoms with E-state index in [4.69, 9.17) is 4.74 Å². The predicted octanol–water partition coefficient (Wildman–Crippen LogP) is 4.24. The molecule has 7 heteroatoms. The highest BCUT2D eigenvalue weighted by Crippen LogP contribution is 2.42. The van der Waals surface area contributed by atoms with Crippen molar-refractivity contribution in [1.29, 1.82) is 0 Å². The molecular weight excluding hydrogens is 419 g/mol. The Morgan fingerprint density at radius 3 is 2.61 bits per heavy atom. The Kier molecular flexibility index (Phi) is 6.42. The van der Waals surface area contributed by atoms with Crippen molar-refractivity contribution >= 4 is 16.9 Å². The number of hydrogen-bond donors (Lipinski definition) is 1. The quantitative estimate of drug-likeness (QED) is 0.558. The third kappa shape index (κ3) is 4.52. The van der Waals surface area contributed by atoms with Gasteiger partial charge in [0.2, 0.25) is 5.91 Å². The number of carbonyl (C=O) groups is 1. The highest BCUT2D eigenvalue weighted by atomic mass is 19.1. The van der Waals surface area contributed by atoms with E-state index < -0.39 is 0 Å². The number of piperidine rings is 1. The number of aromatic nitrogens is 2. The first-order valence-electron chi connectivity index (χ1n) is 11.8. The Balaban J connectivity index is 1.27. The fourth-order valence-corrected chi connectivity index (χ4v) is 5.80. The van der Waals surface area contributed by atoms with Crippen LogP contribution >= 0.6 is 0 Å². The van der Waals surface area contributed by atoms with E-state index in [0.717, 1.165) is 36.9 Å². The SMILES string of the molecule is COCC(=O)N[C@@H](CCN1[C@@H]2CC[C@H]1C[C@H](n1cnc3c(F)cccc31)C2)c1ccccc1. The Labute approximate surface area is 193 Å². The third-order valence-electron chi connectivity index (χ3n) is 7.30. The van der Waals surface area contributed by atoms with E-state index in [0.29, 0.717) is 23.6 Å². The van der Waals surface area contributed by atoms with Crippen molar-refractivity contribution in [1.82, 2.24) is 19.8 Å². The van der Waals surface area contributed by atoms with Crippen LogP contribution in [0.4, 0.5) is 4.39 Å². The van der Waals surface area contributed by atoms with Crippen molar-refractivity contribution in [2.24, 2.45) is 0 Å². The van der Waals surface area contributed by atoms with Crippen LogP contribution in [0.2, 0.25) is 0 Å². The number of nitrogens with one attached hydrogen (secondary N) is 1. The molecule has 2 aliphatic heterocycles. The van der Waals surface area contributed by atoms with Gasteiger partial charge in [0.1, 0.15) is 12.1 Å². The number of nitrogens with zero attached hydrogens (tertiary/aromatic N) is 3. The summed E-state index contributed by atoms with van der Waals surface area (Å²) in [5, 5.41) is 3.14. The number of imidazole rings is 1. The molecule has 4 atom stereocenters. The van der Waals surface area contributed by atoms with Crippen LogP contribution in [0.15, 0.2) is 54.9 Å². The molecule has 2 fully saturated rings. The second kappa shape index (κ2) is 9.61. The largest absolute Gasteiger partial charge is 0.375 e. The number of ether oxygens (including phenoxy) is 1. The molecule has 2 saturated heterocycles. The summed E-state index contributed by atoms with van der Waals surface area (Å²) in [7, 11) is 1.54. The van der Waals surface area contributed by atoms with Crippen LogP contribution in [0.1, 0.15) is 49.8 Å². The van der Waals surface area contributed by atoms with Gasteiger partial charge in [0.25, 0.3) is 0 Å². The van der Waals surface area contributed by atoms with Crippen molar-refractivity contribution < 1.29 is 13.9 Å². The Morgan fingerprint density at radius 2 is 1.88 bits per heavy atom. The predicted molar refractivity (Wildman–Crippen MR) is 125 cm³/mol. The Hall–Kier alpha value is -2.77. The zero-order valence-electron chi connectivity index (χ0n) is 19.0. The van der Waals surface area contributed by atoms with E-state index in [1.807, 2.05) is 30.6 Å². The highest BCUT2D eigenvalue weighted by Gasteiger charge is 2.41. The summed E-state index contributed by atoms with van der Waals surface area (Å²) < 4.78 is 21.3. The van der Waals surface area contributed by atoms with Crippen LogP contribution in [0.5, 0.6) is 0 Å². The molecule has 3 heterocycles. The molecule has 1 N–H and O–H groups in total. The molecular formula is C26H31FN4O2. The zero-order chi connectivity index (χ0) is 22.8. The number of methoxy groups -OCH3 is 1. The summed E-state index contributed by atoms with van der Waals surface area (Å²) in [6, 6.07) is 16.7. The molecule has 2 aliphatic rings. The minimum absolute atomic E-state index is 0.0356. The van der Waals surface area contributed by atoms with Crippen molar-refractivity contribution in [2.45, 2.75) is 56.3 Å². The average Bonchev–Trinajstić information content (AvgIpc) is 3.36. The van der Waals surface area contributed by atoms with Gasteiger partial charge in [0, 0.05) is 31.8 Å². The summed E-state index contributed by atoms with van der Waals surface area (Å²) in [5.74, 6) is -0.346. The molecule has 0 unspecified atom stereocenters. The minimum atomic E-state index is -0.255. The van der Waals surface area contributed by atoms with Crippen molar-refractivity contribution in [3.8, 4) is 0 Å². The first-order chi connectivity index (χ1) is 16.1. The molecule has 3 aromatic rings.